The molecule has 3 rings (SSSR count). The van der Waals surface area contributed by atoms with E-state index in [9.17, 15) is 9.59 Å². The van der Waals surface area contributed by atoms with Crippen LogP contribution in [0.15, 0.2) is 54.9 Å². The highest BCUT2D eigenvalue weighted by Gasteiger charge is 2.10. The number of para-hydroxylation sites is 1. The third-order valence-electron chi connectivity index (χ3n) is 3.66. The van der Waals surface area contributed by atoms with Crippen molar-refractivity contribution >= 4 is 22.7 Å². The summed E-state index contributed by atoms with van der Waals surface area (Å²) < 4.78 is 0. The van der Waals surface area contributed by atoms with Crippen LogP contribution in [-0.4, -0.2) is 28.3 Å². The number of fused-ring (bicyclic) bond motifs is 1. The van der Waals surface area contributed by atoms with E-state index in [2.05, 4.69) is 20.6 Å². The Morgan fingerprint density at radius 3 is 2.67 bits per heavy atom. The van der Waals surface area contributed by atoms with Gasteiger partial charge in [0, 0.05) is 23.3 Å². The SMILES string of the molecule is O=C(CNC(=O)Cc1c[nH]c2ccccc12)NCc1ccccn1. The maximum atomic E-state index is 12.0. The first-order valence-corrected chi connectivity index (χ1v) is 7.70. The second kappa shape index (κ2) is 7.41. The molecule has 0 aliphatic carbocycles. The van der Waals surface area contributed by atoms with E-state index in [4.69, 9.17) is 0 Å². The van der Waals surface area contributed by atoms with Crippen LogP contribution in [0.1, 0.15) is 11.3 Å². The van der Waals surface area contributed by atoms with Gasteiger partial charge >= 0.3 is 0 Å². The van der Waals surface area contributed by atoms with Crippen molar-refractivity contribution in [3.63, 3.8) is 0 Å². The summed E-state index contributed by atoms with van der Waals surface area (Å²) in [5.74, 6) is -0.430. The molecule has 0 radical (unpaired) electrons. The minimum absolute atomic E-state index is 0.0476. The van der Waals surface area contributed by atoms with Gasteiger partial charge < -0.3 is 15.6 Å². The molecule has 0 bridgehead atoms. The van der Waals surface area contributed by atoms with Crippen LogP contribution >= 0.6 is 0 Å². The second-order valence-corrected chi connectivity index (χ2v) is 5.41. The standard InChI is InChI=1S/C18H18N4O2/c23-17(9-13-10-20-16-7-2-1-6-15(13)16)22-12-18(24)21-11-14-5-3-4-8-19-14/h1-8,10,20H,9,11-12H2,(H,21,24)(H,22,23). The molecule has 2 amide bonds. The molecule has 24 heavy (non-hydrogen) atoms. The lowest BCUT2D eigenvalue weighted by molar-refractivity contribution is -0.125. The highest BCUT2D eigenvalue weighted by atomic mass is 16.2. The molecular formula is C18H18N4O2. The number of pyridine rings is 1. The second-order valence-electron chi connectivity index (χ2n) is 5.41. The molecule has 3 N–H and O–H groups in total. The highest BCUT2D eigenvalue weighted by molar-refractivity contribution is 5.90. The third kappa shape index (κ3) is 3.98. The van der Waals surface area contributed by atoms with Crippen molar-refractivity contribution in [2.45, 2.75) is 13.0 Å². The Labute approximate surface area is 139 Å². The smallest absolute Gasteiger partial charge is 0.239 e. The number of aromatic nitrogens is 2. The summed E-state index contributed by atoms with van der Waals surface area (Å²) in [7, 11) is 0. The minimum Gasteiger partial charge on any atom is -0.361 e. The van der Waals surface area contributed by atoms with Gasteiger partial charge in [0.15, 0.2) is 0 Å². The van der Waals surface area contributed by atoms with Crippen LogP contribution in [-0.2, 0) is 22.6 Å². The van der Waals surface area contributed by atoms with Gasteiger partial charge in [-0.05, 0) is 23.8 Å². The van der Waals surface area contributed by atoms with Gasteiger partial charge in [0.25, 0.3) is 0 Å². The van der Waals surface area contributed by atoms with E-state index in [1.54, 1.807) is 6.20 Å². The van der Waals surface area contributed by atoms with Gasteiger partial charge in [0.2, 0.25) is 11.8 Å². The fourth-order valence-corrected chi connectivity index (χ4v) is 2.45. The van der Waals surface area contributed by atoms with E-state index < -0.39 is 0 Å². The molecular weight excluding hydrogens is 304 g/mol. The van der Waals surface area contributed by atoms with Crippen LogP contribution < -0.4 is 10.6 Å². The van der Waals surface area contributed by atoms with Crippen LogP contribution in [0.25, 0.3) is 10.9 Å². The van der Waals surface area contributed by atoms with E-state index in [0.29, 0.717) is 6.54 Å². The van der Waals surface area contributed by atoms with Crippen molar-refractivity contribution in [1.29, 1.82) is 0 Å². The minimum atomic E-state index is -0.243. The molecule has 2 aromatic heterocycles. The van der Waals surface area contributed by atoms with Gasteiger partial charge in [0.1, 0.15) is 0 Å². The molecule has 122 valence electrons. The lowest BCUT2D eigenvalue weighted by atomic mass is 10.1. The summed E-state index contributed by atoms with van der Waals surface area (Å²) in [4.78, 5) is 31.0. The predicted octanol–water partition coefficient (Wildman–Crippen LogP) is 1.54. The molecule has 0 aliphatic rings. The molecule has 1 aromatic carbocycles. The number of aromatic amines is 1. The Kier molecular flexibility index (Phi) is 4.86. The van der Waals surface area contributed by atoms with Crippen molar-refractivity contribution < 1.29 is 9.59 Å². The largest absolute Gasteiger partial charge is 0.361 e. The number of carbonyl (C=O) groups excluding carboxylic acids is 2. The van der Waals surface area contributed by atoms with Crippen LogP contribution in [0.2, 0.25) is 0 Å². The number of nitrogens with zero attached hydrogens (tertiary/aromatic N) is 1. The fraction of sp³-hybridized carbons (Fsp3) is 0.167. The molecule has 3 aromatic rings. The number of benzene rings is 1. The van der Waals surface area contributed by atoms with Gasteiger partial charge in [0.05, 0.1) is 25.2 Å². The number of amides is 2. The van der Waals surface area contributed by atoms with Gasteiger partial charge in [-0.3, -0.25) is 14.6 Å². The average Bonchev–Trinajstić information content (AvgIpc) is 3.02. The van der Waals surface area contributed by atoms with Gasteiger partial charge in [-0.25, -0.2) is 0 Å². The van der Waals surface area contributed by atoms with Crippen molar-refractivity contribution in [2.24, 2.45) is 0 Å². The molecule has 2 heterocycles. The molecule has 6 nitrogen and oxygen atoms in total. The first-order valence-electron chi connectivity index (χ1n) is 7.70. The summed E-state index contributed by atoms with van der Waals surface area (Å²) in [6.45, 7) is 0.298. The molecule has 0 spiro atoms. The Hall–Kier alpha value is -3.15. The lowest BCUT2D eigenvalue weighted by Crippen LogP contribution is -2.37. The first kappa shape index (κ1) is 15.7. The predicted molar refractivity (Wildman–Crippen MR) is 91.1 cm³/mol. The number of carbonyl (C=O) groups is 2. The summed E-state index contributed by atoms with van der Waals surface area (Å²) in [6, 6.07) is 13.3. The quantitative estimate of drug-likeness (QED) is 0.643. The van der Waals surface area contributed by atoms with E-state index in [1.165, 1.54) is 0 Å². The Balaban J connectivity index is 1.46. The van der Waals surface area contributed by atoms with E-state index >= 15 is 0 Å². The zero-order chi connectivity index (χ0) is 16.8. The van der Waals surface area contributed by atoms with Crippen molar-refractivity contribution in [2.75, 3.05) is 6.54 Å². The Morgan fingerprint density at radius 1 is 1.00 bits per heavy atom. The summed E-state index contributed by atoms with van der Waals surface area (Å²) in [6.07, 6.45) is 3.73. The molecule has 0 saturated carbocycles. The number of nitrogens with one attached hydrogen (secondary N) is 3. The van der Waals surface area contributed by atoms with Crippen LogP contribution in [0.4, 0.5) is 0 Å². The number of hydrogen-bond acceptors (Lipinski definition) is 3. The van der Waals surface area contributed by atoms with E-state index in [0.717, 1.165) is 22.2 Å². The molecule has 0 atom stereocenters. The van der Waals surface area contributed by atoms with Crippen LogP contribution in [0.3, 0.4) is 0 Å². The fourth-order valence-electron chi connectivity index (χ4n) is 2.45. The zero-order valence-electron chi connectivity index (χ0n) is 13.1. The van der Waals surface area contributed by atoms with E-state index in [-0.39, 0.29) is 24.8 Å². The van der Waals surface area contributed by atoms with Crippen molar-refractivity contribution in [3.05, 3.63) is 66.1 Å². The third-order valence-corrected chi connectivity index (χ3v) is 3.66. The lowest BCUT2D eigenvalue weighted by Gasteiger charge is -2.06. The van der Waals surface area contributed by atoms with E-state index in [1.807, 2.05) is 48.7 Å². The molecule has 0 unspecified atom stereocenters. The van der Waals surface area contributed by atoms with Crippen molar-refractivity contribution in [1.82, 2.24) is 20.6 Å². The van der Waals surface area contributed by atoms with Crippen LogP contribution in [0, 0.1) is 0 Å². The van der Waals surface area contributed by atoms with Crippen molar-refractivity contribution in [3.8, 4) is 0 Å². The Morgan fingerprint density at radius 2 is 1.83 bits per heavy atom. The maximum Gasteiger partial charge on any atom is 0.239 e. The Bertz CT molecular complexity index is 842. The van der Waals surface area contributed by atoms with Gasteiger partial charge in [-0.2, -0.15) is 0 Å². The molecule has 0 fully saturated rings. The first-order chi connectivity index (χ1) is 11.7. The number of hydrogen-bond donors (Lipinski definition) is 3. The summed E-state index contributed by atoms with van der Waals surface area (Å²) in [5, 5.41) is 6.38. The number of rotatable bonds is 6. The topological polar surface area (TPSA) is 86.9 Å². The zero-order valence-corrected chi connectivity index (χ0v) is 13.1. The van der Waals surface area contributed by atoms with Gasteiger partial charge in [-0.1, -0.05) is 24.3 Å². The molecule has 6 heteroatoms. The summed E-state index contributed by atoms with van der Waals surface area (Å²) >= 11 is 0. The highest BCUT2D eigenvalue weighted by Crippen LogP contribution is 2.17. The van der Waals surface area contributed by atoms with Crippen LogP contribution in [0.5, 0.6) is 0 Å². The molecule has 0 aliphatic heterocycles. The number of H-pyrrole nitrogens is 1. The summed E-state index contributed by atoms with van der Waals surface area (Å²) in [5.41, 5.74) is 2.68. The maximum absolute atomic E-state index is 12.0. The molecule has 0 saturated heterocycles. The van der Waals surface area contributed by atoms with Gasteiger partial charge in [-0.15, -0.1) is 0 Å². The monoisotopic (exact) mass is 322 g/mol. The normalized spacial score (nSPS) is 10.5. The average molecular weight is 322 g/mol.